The first-order valence-electron chi connectivity index (χ1n) is 3.80. The average Bonchev–Trinajstić information content (AvgIpc) is 2.40. The van der Waals surface area contributed by atoms with Crippen LogP contribution in [0.25, 0.3) is 0 Å². The second kappa shape index (κ2) is 4.33. The van der Waals surface area contributed by atoms with Gasteiger partial charge < -0.3 is 10.5 Å². The highest BCUT2D eigenvalue weighted by Crippen LogP contribution is 1.95. The highest BCUT2D eigenvalue weighted by molar-refractivity contribution is 5.06. The molecule has 4 nitrogen and oxygen atoms in total. The van der Waals surface area contributed by atoms with E-state index < -0.39 is 0 Å². The molecule has 0 spiro atoms. The molecule has 0 atom stereocenters. The Morgan fingerprint density at radius 2 is 2.55 bits per heavy atom. The van der Waals surface area contributed by atoms with Gasteiger partial charge >= 0.3 is 0 Å². The van der Waals surface area contributed by atoms with E-state index in [-0.39, 0.29) is 6.61 Å². The van der Waals surface area contributed by atoms with Gasteiger partial charge in [-0.25, -0.2) is 5.43 Å². The predicted octanol–water partition coefficient (Wildman–Crippen LogP) is -1.10. The van der Waals surface area contributed by atoms with Crippen LogP contribution in [0.3, 0.4) is 0 Å². The minimum absolute atomic E-state index is 0.219. The Balaban J connectivity index is 2.18. The van der Waals surface area contributed by atoms with Crippen LogP contribution in [-0.4, -0.2) is 43.3 Å². The highest BCUT2D eigenvalue weighted by atomic mass is 16.3. The largest absolute Gasteiger partial charge is 0.395 e. The summed E-state index contributed by atoms with van der Waals surface area (Å²) in [5, 5.41) is 8.61. The summed E-state index contributed by atoms with van der Waals surface area (Å²) in [6, 6.07) is 0. The van der Waals surface area contributed by atoms with Crippen molar-refractivity contribution in [3.05, 3.63) is 11.8 Å². The fourth-order valence-corrected chi connectivity index (χ4v) is 1.03. The van der Waals surface area contributed by atoms with Crippen molar-refractivity contribution in [3.63, 3.8) is 0 Å². The molecule has 0 aliphatic carbocycles. The van der Waals surface area contributed by atoms with Crippen molar-refractivity contribution >= 4 is 0 Å². The van der Waals surface area contributed by atoms with Crippen molar-refractivity contribution in [1.29, 1.82) is 0 Å². The first-order valence-corrected chi connectivity index (χ1v) is 3.80. The van der Waals surface area contributed by atoms with Crippen molar-refractivity contribution in [2.24, 2.45) is 0 Å². The van der Waals surface area contributed by atoms with Crippen LogP contribution in [0.15, 0.2) is 11.8 Å². The number of nitrogens with one attached hydrogen (secondary N) is 2. The molecule has 0 radical (unpaired) electrons. The molecule has 1 aliphatic rings. The van der Waals surface area contributed by atoms with Crippen molar-refractivity contribution in [2.45, 2.75) is 0 Å². The summed E-state index contributed by atoms with van der Waals surface area (Å²) in [5.74, 6) is 0. The Bertz CT molecular complexity index is 147. The Hall–Kier alpha value is -0.580. The quantitative estimate of drug-likeness (QED) is 0.485. The van der Waals surface area contributed by atoms with Crippen LogP contribution in [0.1, 0.15) is 0 Å². The summed E-state index contributed by atoms with van der Waals surface area (Å²) in [6.45, 7) is 2.70. The van der Waals surface area contributed by atoms with Crippen molar-refractivity contribution in [1.82, 2.24) is 15.8 Å². The zero-order valence-electron chi connectivity index (χ0n) is 6.80. The van der Waals surface area contributed by atoms with Crippen LogP contribution < -0.4 is 10.9 Å². The molecule has 0 aromatic heterocycles. The fourth-order valence-electron chi connectivity index (χ4n) is 1.03. The van der Waals surface area contributed by atoms with Gasteiger partial charge in [-0.3, -0.25) is 4.90 Å². The molecule has 0 bridgehead atoms. The van der Waals surface area contributed by atoms with E-state index in [9.17, 15) is 0 Å². The highest BCUT2D eigenvalue weighted by Gasteiger charge is 2.04. The number of rotatable bonds is 4. The molecule has 0 aromatic rings. The third-order valence-electron chi connectivity index (χ3n) is 1.62. The van der Waals surface area contributed by atoms with Gasteiger partial charge in [0.05, 0.1) is 6.61 Å². The molecule has 0 fully saturated rings. The second-order valence-electron chi connectivity index (χ2n) is 2.70. The van der Waals surface area contributed by atoms with Crippen LogP contribution in [0.4, 0.5) is 0 Å². The van der Waals surface area contributed by atoms with E-state index in [1.807, 2.05) is 7.05 Å². The molecule has 64 valence electrons. The Morgan fingerprint density at radius 1 is 1.73 bits per heavy atom. The van der Waals surface area contributed by atoms with Gasteiger partial charge in [-0.15, -0.1) is 0 Å². The molecule has 0 saturated heterocycles. The molecular weight excluding hydrogens is 142 g/mol. The van der Waals surface area contributed by atoms with Gasteiger partial charge in [0.1, 0.15) is 0 Å². The van der Waals surface area contributed by atoms with Crippen molar-refractivity contribution < 1.29 is 5.11 Å². The molecule has 1 rings (SSSR count). The standard InChI is InChI=1S/C7H15N3O/c1-10(4-5-11)6-7-2-3-8-9-7/h2,8-9,11H,3-6H2,1H3. The number of aliphatic hydroxyl groups excluding tert-OH is 1. The van der Waals surface area contributed by atoms with Gasteiger partial charge in [0.25, 0.3) is 0 Å². The Morgan fingerprint density at radius 3 is 3.09 bits per heavy atom. The smallest absolute Gasteiger partial charge is 0.0558 e. The van der Waals surface area contributed by atoms with Crippen LogP contribution in [0, 0.1) is 0 Å². The lowest BCUT2D eigenvalue weighted by molar-refractivity contribution is 0.228. The van der Waals surface area contributed by atoms with Gasteiger partial charge in [0.2, 0.25) is 0 Å². The fraction of sp³-hybridized carbons (Fsp3) is 0.714. The Kier molecular flexibility index (Phi) is 3.35. The molecule has 11 heavy (non-hydrogen) atoms. The van der Waals surface area contributed by atoms with E-state index in [1.54, 1.807) is 0 Å². The van der Waals surface area contributed by atoms with Gasteiger partial charge in [-0.05, 0) is 13.1 Å². The summed E-state index contributed by atoms with van der Waals surface area (Å²) in [4.78, 5) is 2.06. The van der Waals surface area contributed by atoms with Crippen LogP contribution in [0.2, 0.25) is 0 Å². The molecule has 1 aliphatic heterocycles. The lowest BCUT2D eigenvalue weighted by Crippen LogP contribution is -2.31. The monoisotopic (exact) mass is 157 g/mol. The molecule has 0 aromatic carbocycles. The summed E-state index contributed by atoms with van der Waals surface area (Å²) >= 11 is 0. The predicted molar refractivity (Wildman–Crippen MR) is 43.8 cm³/mol. The van der Waals surface area contributed by atoms with Crippen molar-refractivity contribution in [3.8, 4) is 0 Å². The molecule has 0 amide bonds. The molecule has 0 saturated carbocycles. The van der Waals surface area contributed by atoms with Gasteiger partial charge in [-0.1, -0.05) is 0 Å². The van der Waals surface area contributed by atoms with E-state index in [1.165, 1.54) is 5.70 Å². The normalized spacial score (nSPS) is 16.8. The number of likely N-dealkylation sites (N-methyl/N-ethyl adjacent to an activating group) is 1. The first kappa shape index (κ1) is 8.52. The van der Waals surface area contributed by atoms with Gasteiger partial charge in [0, 0.05) is 25.3 Å². The van der Waals surface area contributed by atoms with Gasteiger partial charge in [0.15, 0.2) is 0 Å². The number of hydrogen-bond donors (Lipinski definition) is 3. The van der Waals surface area contributed by atoms with Gasteiger partial charge in [-0.2, -0.15) is 0 Å². The summed E-state index contributed by atoms with van der Waals surface area (Å²) in [5.41, 5.74) is 7.20. The molecular formula is C7H15N3O. The average molecular weight is 157 g/mol. The van der Waals surface area contributed by atoms with Crippen LogP contribution in [-0.2, 0) is 0 Å². The third kappa shape index (κ3) is 2.88. The molecule has 3 N–H and O–H groups in total. The number of aliphatic hydroxyl groups is 1. The van der Waals surface area contributed by atoms with E-state index in [0.29, 0.717) is 0 Å². The zero-order valence-corrected chi connectivity index (χ0v) is 6.80. The third-order valence-corrected chi connectivity index (χ3v) is 1.62. The Labute approximate surface area is 66.9 Å². The number of nitrogens with zero attached hydrogens (tertiary/aromatic N) is 1. The number of hydrogen-bond acceptors (Lipinski definition) is 4. The first-order chi connectivity index (χ1) is 5.33. The maximum Gasteiger partial charge on any atom is 0.0558 e. The summed E-state index contributed by atoms with van der Waals surface area (Å²) in [6.07, 6.45) is 2.11. The summed E-state index contributed by atoms with van der Waals surface area (Å²) in [7, 11) is 1.98. The number of hydrazine groups is 1. The van der Waals surface area contributed by atoms with E-state index in [2.05, 4.69) is 21.8 Å². The van der Waals surface area contributed by atoms with Crippen LogP contribution >= 0.6 is 0 Å². The van der Waals surface area contributed by atoms with Crippen molar-refractivity contribution in [2.75, 3.05) is 33.3 Å². The minimum atomic E-state index is 0.219. The van der Waals surface area contributed by atoms with E-state index in [0.717, 1.165) is 19.6 Å². The lowest BCUT2D eigenvalue weighted by Gasteiger charge is -2.15. The SMILES string of the molecule is CN(CCO)CC1=CCNN1. The molecule has 0 unspecified atom stereocenters. The molecule has 1 heterocycles. The maximum atomic E-state index is 8.61. The van der Waals surface area contributed by atoms with E-state index >= 15 is 0 Å². The molecule has 4 heteroatoms. The second-order valence-corrected chi connectivity index (χ2v) is 2.70. The lowest BCUT2D eigenvalue weighted by atomic mass is 10.4. The van der Waals surface area contributed by atoms with E-state index in [4.69, 9.17) is 5.11 Å². The maximum absolute atomic E-state index is 8.61. The van der Waals surface area contributed by atoms with Crippen LogP contribution in [0.5, 0.6) is 0 Å². The zero-order chi connectivity index (χ0) is 8.10. The topological polar surface area (TPSA) is 47.5 Å². The summed E-state index contributed by atoms with van der Waals surface area (Å²) < 4.78 is 0. The minimum Gasteiger partial charge on any atom is -0.395 e.